The summed E-state index contributed by atoms with van der Waals surface area (Å²) in [5.41, 5.74) is 2.10. The number of rotatable bonds is 7. The number of carbonyl (C=O) groups excluding carboxylic acids is 1. The highest BCUT2D eigenvalue weighted by Crippen LogP contribution is 2.23. The molecule has 3 aromatic carbocycles. The van der Waals surface area contributed by atoms with Gasteiger partial charge in [0.15, 0.2) is 4.47 Å². The molecule has 0 aliphatic heterocycles. The lowest BCUT2D eigenvalue weighted by Gasteiger charge is -2.10. The Labute approximate surface area is 183 Å². The number of para-hydroxylation sites is 1. The zero-order chi connectivity index (χ0) is 20.8. The second-order valence-corrected chi connectivity index (χ2v) is 8.10. The van der Waals surface area contributed by atoms with E-state index in [9.17, 15) is 4.79 Å². The molecule has 7 heteroatoms. The first kappa shape index (κ1) is 19.9. The molecule has 0 aliphatic carbocycles. The lowest BCUT2D eigenvalue weighted by molar-refractivity contribution is 0.102. The van der Waals surface area contributed by atoms with Crippen LogP contribution in [0.5, 0.6) is 11.5 Å². The first-order valence-corrected chi connectivity index (χ1v) is 10.4. The highest BCUT2D eigenvalue weighted by atomic mass is 35.5. The zero-order valence-corrected chi connectivity index (χ0v) is 17.4. The number of amides is 1. The van der Waals surface area contributed by atoms with E-state index in [2.05, 4.69) is 15.6 Å². The van der Waals surface area contributed by atoms with Crippen molar-refractivity contribution in [3.8, 4) is 11.5 Å². The number of ether oxygens (including phenoxy) is 1. The van der Waals surface area contributed by atoms with Crippen LogP contribution in [0.1, 0.15) is 15.2 Å². The molecule has 1 heterocycles. The number of aromatic nitrogens is 1. The van der Waals surface area contributed by atoms with Crippen molar-refractivity contribution >= 4 is 40.2 Å². The lowest BCUT2D eigenvalue weighted by Crippen LogP contribution is -2.12. The Kier molecular flexibility index (Phi) is 6.27. The minimum absolute atomic E-state index is 0.184. The van der Waals surface area contributed by atoms with Crippen LogP contribution in [0.15, 0.2) is 85.1 Å². The topological polar surface area (TPSA) is 63.2 Å². The number of benzene rings is 3. The Morgan fingerprint density at radius 3 is 2.43 bits per heavy atom. The van der Waals surface area contributed by atoms with Crippen LogP contribution >= 0.6 is 22.9 Å². The smallest absolute Gasteiger partial charge is 0.255 e. The van der Waals surface area contributed by atoms with E-state index in [0.717, 1.165) is 16.3 Å². The van der Waals surface area contributed by atoms with Gasteiger partial charge in [-0.15, -0.1) is 11.3 Å². The van der Waals surface area contributed by atoms with Gasteiger partial charge in [0.1, 0.15) is 11.5 Å². The van der Waals surface area contributed by atoms with Gasteiger partial charge >= 0.3 is 0 Å². The molecule has 1 aromatic heterocycles. The molecule has 0 saturated heterocycles. The maximum absolute atomic E-state index is 12.6. The predicted molar refractivity (Wildman–Crippen MR) is 122 cm³/mol. The van der Waals surface area contributed by atoms with Crippen molar-refractivity contribution < 1.29 is 9.53 Å². The SMILES string of the molecule is O=C(Nc1ccc(Oc2ccccc2)cc1)c1cccc(NCc2cnc(Cl)s2)c1. The van der Waals surface area contributed by atoms with Gasteiger partial charge in [0.05, 0.1) is 6.54 Å². The third kappa shape index (κ3) is 5.37. The van der Waals surface area contributed by atoms with Crippen LogP contribution in [0, 0.1) is 0 Å². The molecule has 4 aromatic rings. The molecule has 0 bridgehead atoms. The van der Waals surface area contributed by atoms with Crippen LogP contribution in [0.4, 0.5) is 11.4 Å². The van der Waals surface area contributed by atoms with E-state index < -0.39 is 0 Å². The summed E-state index contributed by atoms with van der Waals surface area (Å²) in [5.74, 6) is 1.28. The summed E-state index contributed by atoms with van der Waals surface area (Å²) >= 11 is 7.28. The Bertz CT molecular complexity index is 1130. The molecular formula is C23H18ClN3O2S. The second-order valence-electron chi connectivity index (χ2n) is 6.41. The fourth-order valence-corrected chi connectivity index (χ4v) is 3.68. The number of anilines is 2. The molecule has 30 heavy (non-hydrogen) atoms. The largest absolute Gasteiger partial charge is 0.457 e. The highest BCUT2D eigenvalue weighted by Gasteiger charge is 2.08. The Balaban J connectivity index is 1.36. The summed E-state index contributed by atoms with van der Waals surface area (Å²) in [6.07, 6.45) is 1.74. The molecule has 0 unspecified atom stereocenters. The van der Waals surface area contributed by atoms with Gasteiger partial charge in [-0.3, -0.25) is 4.79 Å². The van der Waals surface area contributed by atoms with Crippen molar-refractivity contribution in [3.05, 3.63) is 100.0 Å². The summed E-state index contributed by atoms with van der Waals surface area (Å²) in [6.45, 7) is 0.596. The van der Waals surface area contributed by atoms with Crippen molar-refractivity contribution in [1.29, 1.82) is 0 Å². The van der Waals surface area contributed by atoms with E-state index in [0.29, 0.717) is 28.0 Å². The molecule has 0 fully saturated rings. The van der Waals surface area contributed by atoms with E-state index in [-0.39, 0.29) is 5.91 Å². The van der Waals surface area contributed by atoms with Crippen molar-refractivity contribution in [2.45, 2.75) is 6.54 Å². The van der Waals surface area contributed by atoms with Crippen molar-refractivity contribution in [2.75, 3.05) is 10.6 Å². The van der Waals surface area contributed by atoms with Crippen LogP contribution < -0.4 is 15.4 Å². The Morgan fingerprint density at radius 2 is 1.70 bits per heavy atom. The van der Waals surface area contributed by atoms with Crippen LogP contribution in [0.2, 0.25) is 4.47 Å². The zero-order valence-electron chi connectivity index (χ0n) is 15.8. The monoisotopic (exact) mass is 435 g/mol. The molecule has 5 nitrogen and oxygen atoms in total. The predicted octanol–water partition coefficient (Wildman–Crippen LogP) is 6.45. The number of hydrogen-bond acceptors (Lipinski definition) is 5. The highest BCUT2D eigenvalue weighted by molar-refractivity contribution is 7.15. The molecule has 2 N–H and O–H groups in total. The standard InChI is InChI=1S/C23H18ClN3O2S/c24-23-26-15-21(30-23)14-25-18-6-4-5-16(13-18)22(28)27-17-9-11-20(12-10-17)29-19-7-2-1-3-8-19/h1-13,15,25H,14H2,(H,27,28). The summed E-state index contributed by atoms with van der Waals surface area (Å²) in [4.78, 5) is 17.7. The second kappa shape index (κ2) is 9.43. The van der Waals surface area contributed by atoms with E-state index in [1.54, 1.807) is 12.3 Å². The molecule has 0 radical (unpaired) electrons. The third-order valence-corrected chi connectivity index (χ3v) is 5.32. The number of carbonyl (C=O) groups is 1. The fourth-order valence-electron chi connectivity index (χ4n) is 2.76. The third-order valence-electron chi connectivity index (χ3n) is 4.21. The molecular weight excluding hydrogens is 418 g/mol. The van der Waals surface area contributed by atoms with Crippen molar-refractivity contribution in [2.24, 2.45) is 0 Å². The average molecular weight is 436 g/mol. The normalized spacial score (nSPS) is 10.4. The molecule has 4 rings (SSSR count). The maximum atomic E-state index is 12.6. The quantitative estimate of drug-likeness (QED) is 0.350. The van der Waals surface area contributed by atoms with E-state index in [4.69, 9.17) is 16.3 Å². The number of hydrogen-bond donors (Lipinski definition) is 2. The number of nitrogens with one attached hydrogen (secondary N) is 2. The van der Waals surface area contributed by atoms with Gasteiger partial charge < -0.3 is 15.4 Å². The van der Waals surface area contributed by atoms with Gasteiger partial charge in [-0.25, -0.2) is 4.98 Å². The van der Waals surface area contributed by atoms with Crippen molar-refractivity contribution in [3.63, 3.8) is 0 Å². The van der Waals surface area contributed by atoms with Crippen LogP contribution in [0.3, 0.4) is 0 Å². The minimum atomic E-state index is -0.184. The first-order chi connectivity index (χ1) is 14.7. The van der Waals surface area contributed by atoms with Gasteiger partial charge in [0, 0.05) is 28.0 Å². The summed E-state index contributed by atoms with van der Waals surface area (Å²) < 4.78 is 6.28. The van der Waals surface area contributed by atoms with Gasteiger partial charge in [-0.2, -0.15) is 0 Å². The summed E-state index contributed by atoms with van der Waals surface area (Å²) in [7, 11) is 0. The molecule has 0 atom stereocenters. The number of nitrogens with zero attached hydrogens (tertiary/aromatic N) is 1. The molecule has 1 amide bonds. The average Bonchev–Trinajstić information content (AvgIpc) is 3.20. The van der Waals surface area contributed by atoms with Crippen molar-refractivity contribution in [1.82, 2.24) is 4.98 Å². The molecule has 0 saturated carbocycles. The van der Waals surface area contributed by atoms with Gasteiger partial charge in [0.2, 0.25) is 0 Å². The lowest BCUT2D eigenvalue weighted by atomic mass is 10.1. The number of thiazole rings is 1. The molecule has 0 aliphatic rings. The van der Waals surface area contributed by atoms with Crippen LogP contribution in [-0.4, -0.2) is 10.9 Å². The Hall–Kier alpha value is -3.35. The van der Waals surface area contributed by atoms with Gasteiger partial charge in [0.25, 0.3) is 5.91 Å². The van der Waals surface area contributed by atoms with E-state index in [1.807, 2.05) is 72.8 Å². The Morgan fingerprint density at radius 1 is 0.933 bits per heavy atom. The van der Waals surface area contributed by atoms with Gasteiger partial charge in [-0.1, -0.05) is 35.9 Å². The fraction of sp³-hybridized carbons (Fsp3) is 0.0435. The van der Waals surface area contributed by atoms with E-state index in [1.165, 1.54) is 11.3 Å². The minimum Gasteiger partial charge on any atom is -0.457 e. The molecule has 0 spiro atoms. The first-order valence-electron chi connectivity index (χ1n) is 9.24. The van der Waals surface area contributed by atoms with Crippen LogP contribution in [0.25, 0.3) is 0 Å². The number of halogens is 1. The maximum Gasteiger partial charge on any atom is 0.255 e. The van der Waals surface area contributed by atoms with E-state index >= 15 is 0 Å². The van der Waals surface area contributed by atoms with Crippen LogP contribution in [-0.2, 0) is 6.54 Å². The summed E-state index contributed by atoms with van der Waals surface area (Å²) in [5, 5.41) is 6.19. The molecule has 150 valence electrons. The van der Waals surface area contributed by atoms with Gasteiger partial charge in [-0.05, 0) is 54.6 Å². The summed E-state index contributed by atoms with van der Waals surface area (Å²) in [6, 6.07) is 24.1.